The Morgan fingerprint density at radius 2 is 1.92 bits per heavy atom. The van der Waals surface area contributed by atoms with Gasteiger partial charge in [0, 0.05) is 43.6 Å². The number of carbonyl (C=O) groups is 1. The normalized spacial score (nSPS) is 17.5. The van der Waals surface area contributed by atoms with Gasteiger partial charge in [-0.2, -0.15) is 0 Å². The van der Waals surface area contributed by atoms with Crippen LogP contribution in [0.1, 0.15) is 29.4 Å². The van der Waals surface area contributed by atoms with Gasteiger partial charge in [-0.1, -0.05) is 6.07 Å². The van der Waals surface area contributed by atoms with E-state index in [1.165, 1.54) is 0 Å². The minimum Gasteiger partial charge on any atom is -0.377 e. The number of carbonyl (C=O) groups excluding carboxylic acids is 1. The van der Waals surface area contributed by atoms with Crippen molar-refractivity contribution in [1.82, 2.24) is 20.3 Å². The summed E-state index contributed by atoms with van der Waals surface area (Å²) in [5.74, 6) is -0.557. The minimum absolute atomic E-state index is 0.0480. The van der Waals surface area contributed by atoms with Crippen LogP contribution in [0, 0.1) is 5.82 Å². The number of halogens is 1. The highest BCUT2D eigenvalue weighted by Gasteiger charge is 2.34. The molecule has 4 aromatic rings. The predicted molar refractivity (Wildman–Crippen MR) is 146 cm³/mol. The lowest BCUT2D eigenvalue weighted by molar-refractivity contribution is 0.0256. The third-order valence-corrected chi connectivity index (χ3v) is 7.96. The quantitative estimate of drug-likeness (QED) is 0.371. The Bertz CT molecular complexity index is 1680. The molecule has 1 aliphatic rings. The van der Waals surface area contributed by atoms with Crippen LogP contribution in [-0.2, 0) is 21.1 Å². The number of hydrogen-bond acceptors (Lipinski definition) is 8. The molecule has 11 heteroatoms. The van der Waals surface area contributed by atoms with Gasteiger partial charge in [-0.15, -0.1) is 0 Å². The number of pyridine rings is 3. The average molecular weight is 550 g/mol. The monoisotopic (exact) mass is 549 g/mol. The van der Waals surface area contributed by atoms with E-state index >= 15 is 0 Å². The third-order valence-electron chi connectivity index (χ3n) is 6.87. The number of rotatable bonds is 7. The van der Waals surface area contributed by atoms with Crippen molar-refractivity contribution in [1.29, 1.82) is 0 Å². The summed E-state index contributed by atoms with van der Waals surface area (Å²) >= 11 is 0. The molecule has 4 heterocycles. The molecule has 9 nitrogen and oxygen atoms in total. The van der Waals surface area contributed by atoms with Crippen molar-refractivity contribution in [3.63, 3.8) is 0 Å². The summed E-state index contributed by atoms with van der Waals surface area (Å²) in [5.41, 5.74) is 2.37. The van der Waals surface area contributed by atoms with Crippen LogP contribution in [0.15, 0.2) is 65.7 Å². The van der Waals surface area contributed by atoms with E-state index in [0.29, 0.717) is 16.9 Å². The van der Waals surface area contributed by atoms with E-state index in [9.17, 15) is 17.6 Å². The molecule has 0 saturated carbocycles. The number of amides is 1. The van der Waals surface area contributed by atoms with Crippen molar-refractivity contribution >= 4 is 32.5 Å². The highest BCUT2D eigenvalue weighted by Crippen LogP contribution is 2.29. The van der Waals surface area contributed by atoms with Crippen molar-refractivity contribution in [2.75, 3.05) is 31.4 Å². The molecule has 202 valence electrons. The van der Waals surface area contributed by atoms with Crippen LogP contribution in [0.4, 0.5) is 10.2 Å². The van der Waals surface area contributed by atoms with E-state index in [4.69, 9.17) is 14.7 Å². The molecule has 0 aliphatic carbocycles. The smallest absolute Gasteiger partial charge is 0.251 e. The number of anilines is 1. The lowest BCUT2D eigenvalue weighted by Gasteiger charge is -2.23. The molecule has 1 atom stereocenters. The van der Waals surface area contributed by atoms with Crippen LogP contribution in [0.5, 0.6) is 0 Å². The number of ether oxygens (including phenoxy) is 1. The van der Waals surface area contributed by atoms with E-state index < -0.39 is 21.6 Å². The van der Waals surface area contributed by atoms with Crippen molar-refractivity contribution in [2.45, 2.75) is 30.4 Å². The molecule has 39 heavy (non-hydrogen) atoms. The Balaban J connectivity index is 1.34. The Hall–Kier alpha value is -3.96. The molecule has 5 rings (SSSR count). The van der Waals surface area contributed by atoms with Crippen LogP contribution in [-0.4, -0.2) is 61.3 Å². The molecular formula is C28H28FN5O4S. The zero-order valence-corrected chi connectivity index (χ0v) is 22.6. The highest BCUT2D eigenvalue weighted by molar-refractivity contribution is 7.90. The first-order valence-electron chi connectivity index (χ1n) is 12.4. The van der Waals surface area contributed by atoms with E-state index in [-0.39, 0.29) is 22.6 Å². The van der Waals surface area contributed by atoms with E-state index in [1.807, 2.05) is 30.3 Å². The molecule has 1 saturated heterocycles. The minimum atomic E-state index is -3.67. The highest BCUT2D eigenvalue weighted by atomic mass is 32.2. The number of aromatic nitrogens is 3. The maximum absolute atomic E-state index is 13.9. The van der Waals surface area contributed by atoms with Gasteiger partial charge in [0.25, 0.3) is 5.91 Å². The lowest BCUT2D eigenvalue weighted by atomic mass is 10.1. The van der Waals surface area contributed by atoms with Gasteiger partial charge in [0.2, 0.25) is 0 Å². The number of nitrogens with zero attached hydrogens (tertiary/aromatic N) is 4. The Kier molecular flexibility index (Phi) is 7.04. The summed E-state index contributed by atoms with van der Waals surface area (Å²) in [5, 5.41) is 3.49. The van der Waals surface area contributed by atoms with Gasteiger partial charge >= 0.3 is 0 Å². The lowest BCUT2D eigenvalue weighted by Crippen LogP contribution is -2.32. The number of sulfone groups is 1. The molecule has 1 aromatic carbocycles. The standard InChI is InChI=1S/C28H28FN5O4S/c1-28(38-2)9-10-34(17-28)26-6-4-5-23(33-26)24-8-7-18-15-30-21(14-25(18)32-24)16-31-27(35)19-11-20(29)13-22(12-19)39(3,36)37/h4-8,11-15H,9-10,16-17H2,1-3H3,(H,31,35). The van der Waals surface area contributed by atoms with Crippen LogP contribution in [0.25, 0.3) is 22.3 Å². The summed E-state index contributed by atoms with van der Waals surface area (Å²) in [7, 11) is -1.93. The first-order valence-corrected chi connectivity index (χ1v) is 14.2. The largest absolute Gasteiger partial charge is 0.377 e. The summed E-state index contributed by atoms with van der Waals surface area (Å²) in [4.78, 5) is 28.6. The molecule has 1 N–H and O–H groups in total. The summed E-state index contributed by atoms with van der Waals surface area (Å²) < 4.78 is 43.2. The second-order valence-corrected chi connectivity index (χ2v) is 11.9. The second kappa shape index (κ2) is 10.3. The second-order valence-electron chi connectivity index (χ2n) is 9.90. The number of methoxy groups -OCH3 is 1. The number of benzene rings is 1. The fourth-order valence-corrected chi connectivity index (χ4v) is 5.18. The van der Waals surface area contributed by atoms with Crippen molar-refractivity contribution < 1.29 is 22.3 Å². The average Bonchev–Trinajstić information content (AvgIpc) is 3.33. The molecule has 0 radical (unpaired) electrons. The number of hydrogen-bond donors (Lipinski definition) is 1. The molecule has 0 bridgehead atoms. The van der Waals surface area contributed by atoms with Crippen LogP contribution in [0.2, 0.25) is 0 Å². The number of fused-ring (bicyclic) bond motifs is 1. The molecule has 1 unspecified atom stereocenters. The predicted octanol–water partition coefficient (Wildman–Crippen LogP) is 3.78. The van der Waals surface area contributed by atoms with E-state index in [1.54, 1.807) is 19.4 Å². The molecule has 1 fully saturated rings. The molecule has 3 aromatic heterocycles. The Labute approximate surface area is 226 Å². The van der Waals surface area contributed by atoms with Gasteiger partial charge in [0.1, 0.15) is 11.6 Å². The first-order chi connectivity index (χ1) is 18.5. The molecule has 1 aliphatic heterocycles. The van der Waals surface area contributed by atoms with Crippen molar-refractivity contribution in [2.24, 2.45) is 0 Å². The Morgan fingerprint density at radius 1 is 1.13 bits per heavy atom. The maximum atomic E-state index is 13.9. The van der Waals surface area contributed by atoms with Crippen LogP contribution < -0.4 is 10.2 Å². The topological polar surface area (TPSA) is 114 Å². The zero-order valence-electron chi connectivity index (χ0n) is 21.8. The molecular weight excluding hydrogens is 521 g/mol. The molecule has 0 spiro atoms. The first kappa shape index (κ1) is 26.6. The fraction of sp³-hybridized carbons (Fsp3) is 0.286. The Morgan fingerprint density at radius 3 is 2.67 bits per heavy atom. The van der Waals surface area contributed by atoms with Crippen LogP contribution in [0.3, 0.4) is 0 Å². The fourth-order valence-electron chi connectivity index (χ4n) is 4.52. The van der Waals surface area contributed by atoms with E-state index in [2.05, 4.69) is 22.1 Å². The van der Waals surface area contributed by atoms with Crippen molar-refractivity contribution in [3.8, 4) is 11.4 Å². The van der Waals surface area contributed by atoms with Gasteiger partial charge in [-0.3, -0.25) is 9.78 Å². The number of nitrogens with one attached hydrogen (secondary N) is 1. The van der Waals surface area contributed by atoms with Gasteiger partial charge in [0.15, 0.2) is 9.84 Å². The maximum Gasteiger partial charge on any atom is 0.251 e. The summed E-state index contributed by atoms with van der Waals surface area (Å²) in [6, 6.07) is 14.4. The van der Waals surface area contributed by atoms with Gasteiger partial charge in [0.05, 0.1) is 39.6 Å². The van der Waals surface area contributed by atoms with Gasteiger partial charge < -0.3 is 15.0 Å². The zero-order chi connectivity index (χ0) is 27.8. The SMILES string of the molecule is COC1(C)CCN(c2cccc(-c3ccc4cnc(CNC(=O)c5cc(F)cc(S(C)(=O)=O)c5)cc4n3)n2)C1. The van der Waals surface area contributed by atoms with Crippen molar-refractivity contribution in [3.05, 3.63) is 77.9 Å². The summed E-state index contributed by atoms with van der Waals surface area (Å²) in [6.45, 7) is 3.77. The van der Waals surface area contributed by atoms with Gasteiger partial charge in [-0.25, -0.2) is 22.8 Å². The van der Waals surface area contributed by atoms with E-state index in [0.717, 1.165) is 60.9 Å². The van der Waals surface area contributed by atoms with Crippen LogP contribution >= 0.6 is 0 Å². The third kappa shape index (κ3) is 5.89. The van der Waals surface area contributed by atoms with Gasteiger partial charge in [-0.05, 0) is 61.9 Å². The molecule has 1 amide bonds. The summed E-state index contributed by atoms with van der Waals surface area (Å²) in [6.07, 6.45) is 3.55.